The highest BCUT2D eigenvalue weighted by Crippen LogP contribution is 2.29. The summed E-state index contributed by atoms with van der Waals surface area (Å²) in [6.07, 6.45) is 4.99. The van der Waals surface area contributed by atoms with Crippen molar-refractivity contribution in [1.82, 2.24) is 0 Å². The Morgan fingerprint density at radius 1 is 1.28 bits per heavy atom. The molecule has 3 heteroatoms. The topological polar surface area (TPSA) is 26.3 Å². The second-order valence-corrected chi connectivity index (χ2v) is 4.90. The third-order valence-corrected chi connectivity index (χ3v) is 3.73. The minimum absolute atomic E-state index is 0.148. The molecule has 18 heavy (non-hydrogen) atoms. The monoisotopic (exact) mass is 250 g/mol. The van der Waals surface area contributed by atoms with Crippen LogP contribution in [0.3, 0.4) is 0 Å². The van der Waals surface area contributed by atoms with Crippen LogP contribution in [0.2, 0.25) is 0 Å². The number of Topliss-reactive ketones (excluding diaryl/α,β-unsaturated/α-hetero) is 1. The number of benzene rings is 1. The SMILES string of the molecule is COC(C(=O)c1ccccc1F)C1CCCCC1. The van der Waals surface area contributed by atoms with Crippen LogP contribution >= 0.6 is 0 Å². The average molecular weight is 250 g/mol. The predicted octanol–water partition coefficient (Wildman–Crippen LogP) is 3.60. The van der Waals surface area contributed by atoms with E-state index in [1.54, 1.807) is 12.1 Å². The molecule has 0 heterocycles. The molecule has 0 radical (unpaired) electrons. The van der Waals surface area contributed by atoms with Gasteiger partial charge < -0.3 is 4.74 Å². The summed E-state index contributed by atoms with van der Waals surface area (Å²) in [5.74, 6) is -0.446. The van der Waals surface area contributed by atoms with E-state index in [9.17, 15) is 9.18 Å². The maximum Gasteiger partial charge on any atom is 0.194 e. The van der Waals surface area contributed by atoms with Crippen LogP contribution in [0.5, 0.6) is 0 Å². The average Bonchev–Trinajstić information content (AvgIpc) is 2.41. The molecule has 1 aliphatic carbocycles. The van der Waals surface area contributed by atoms with Gasteiger partial charge in [0, 0.05) is 7.11 Å². The normalized spacial score (nSPS) is 18.6. The van der Waals surface area contributed by atoms with Crippen molar-refractivity contribution in [2.75, 3.05) is 7.11 Å². The van der Waals surface area contributed by atoms with Crippen LogP contribution in [-0.4, -0.2) is 19.0 Å². The van der Waals surface area contributed by atoms with E-state index in [0.717, 1.165) is 25.7 Å². The summed E-state index contributed by atoms with van der Waals surface area (Å²) < 4.78 is 19.0. The van der Waals surface area contributed by atoms with E-state index in [0.29, 0.717) is 0 Å². The highest BCUT2D eigenvalue weighted by atomic mass is 19.1. The van der Waals surface area contributed by atoms with E-state index >= 15 is 0 Å². The molecule has 2 nitrogen and oxygen atoms in total. The number of carbonyl (C=O) groups is 1. The van der Waals surface area contributed by atoms with Gasteiger partial charge in [-0.3, -0.25) is 4.79 Å². The Morgan fingerprint density at radius 2 is 1.94 bits per heavy atom. The number of rotatable bonds is 4. The van der Waals surface area contributed by atoms with E-state index in [1.165, 1.54) is 25.7 Å². The standard InChI is InChI=1S/C15H19FO2/c1-18-15(11-7-3-2-4-8-11)14(17)12-9-5-6-10-13(12)16/h5-6,9-11,15H,2-4,7-8H2,1H3. The van der Waals surface area contributed by atoms with Crippen LogP contribution in [-0.2, 0) is 4.74 Å². The molecular weight excluding hydrogens is 231 g/mol. The van der Waals surface area contributed by atoms with E-state index in [1.807, 2.05) is 0 Å². The quantitative estimate of drug-likeness (QED) is 0.763. The zero-order chi connectivity index (χ0) is 13.0. The molecule has 2 rings (SSSR count). The van der Waals surface area contributed by atoms with Crippen molar-refractivity contribution in [3.05, 3.63) is 35.6 Å². The number of methoxy groups -OCH3 is 1. The maximum atomic E-state index is 13.6. The summed E-state index contributed by atoms with van der Waals surface area (Å²) in [5.41, 5.74) is 0.148. The minimum Gasteiger partial charge on any atom is -0.373 e. The van der Waals surface area contributed by atoms with Gasteiger partial charge in [0.05, 0.1) is 5.56 Å². The summed E-state index contributed by atoms with van der Waals surface area (Å²) >= 11 is 0. The fourth-order valence-electron chi connectivity index (χ4n) is 2.76. The molecule has 0 aromatic heterocycles. The van der Waals surface area contributed by atoms with Crippen LogP contribution in [0, 0.1) is 11.7 Å². The number of ether oxygens (including phenoxy) is 1. The van der Waals surface area contributed by atoms with Gasteiger partial charge in [-0.25, -0.2) is 4.39 Å². The lowest BCUT2D eigenvalue weighted by Crippen LogP contribution is -2.33. The van der Waals surface area contributed by atoms with Gasteiger partial charge >= 0.3 is 0 Å². The summed E-state index contributed by atoms with van der Waals surface area (Å²) in [6.45, 7) is 0. The highest BCUT2D eigenvalue weighted by molar-refractivity contribution is 5.99. The second kappa shape index (κ2) is 6.10. The Kier molecular flexibility index (Phi) is 4.48. The Morgan fingerprint density at radius 3 is 2.56 bits per heavy atom. The summed E-state index contributed by atoms with van der Waals surface area (Å²) in [5, 5.41) is 0. The maximum absolute atomic E-state index is 13.6. The van der Waals surface area contributed by atoms with Gasteiger partial charge in [0.2, 0.25) is 0 Å². The fraction of sp³-hybridized carbons (Fsp3) is 0.533. The van der Waals surface area contributed by atoms with Gasteiger partial charge in [0.25, 0.3) is 0 Å². The first kappa shape index (κ1) is 13.2. The summed E-state index contributed by atoms with van der Waals surface area (Å²) in [4.78, 5) is 12.3. The van der Waals surface area contributed by atoms with Gasteiger partial charge in [-0.05, 0) is 30.9 Å². The Balaban J connectivity index is 2.17. The van der Waals surface area contributed by atoms with E-state index in [2.05, 4.69) is 0 Å². The van der Waals surface area contributed by atoms with Crippen LogP contribution in [0.1, 0.15) is 42.5 Å². The van der Waals surface area contributed by atoms with Crippen LogP contribution in [0.25, 0.3) is 0 Å². The molecule has 0 spiro atoms. The molecule has 1 unspecified atom stereocenters. The summed E-state index contributed by atoms with van der Waals surface area (Å²) in [6, 6.07) is 6.13. The van der Waals surface area contributed by atoms with E-state index < -0.39 is 11.9 Å². The van der Waals surface area contributed by atoms with Gasteiger partial charge in [0.15, 0.2) is 5.78 Å². The fourth-order valence-corrected chi connectivity index (χ4v) is 2.76. The van der Waals surface area contributed by atoms with E-state index in [-0.39, 0.29) is 17.3 Å². The predicted molar refractivity (Wildman–Crippen MR) is 68.1 cm³/mol. The first-order valence-corrected chi connectivity index (χ1v) is 6.55. The highest BCUT2D eigenvalue weighted by Gasteiger charge is 2.31. The van der Waals surface area contributed by atoms with Gasteiger partial charge in [-0.15, -0.1) is 0 Å². The van der Waals surface area contributed by atoms with Crippen molar-refractivity contribution >= 4 is 5.78 Å². The molecule has 0 bridgehead atoms. The summed E-state index contributed by atoms with van der Waals surface area (Å²) in [7, 11) is 1.54. The van der Waals surface area contributed by atoms with Crippen molar-refractivity contribution in [2.24, 2.45) is 5.92 Å². The van der Waals surface area contributed by atoms with Crippen molar-refractivity contribution < 1.29 is 13.9 Å². The van der Waals surface area contributed by atoms with Gasteiger partial charge in [-0.2, -0.15) is 0 Å². The largest absolute Gasteiger partial charge is 0.373 e. The second-order valence-electron chi connectivity index (χ2n) is 4.90. The van der Waals surface area contributed by atoms with Crippen molar-refractivity contribution in [1.29, 1.82) is 0 Å². The third kappa shape index (κ3) is 2.78. The molecule has 0 saturated heterocycles. The Labute approximate surface area is 107 Å². The minimum atomic E-state index is -0.498. The molecule has 98 valence electrons. The zero-order valence-electron chi connectivity index (χ0n) is 10.7. The smallest absolute Gasteiger partial charge is 0.194 e. The molecule has 1 atom stereocenters. The molecule has 1 aromatic rings. The molecule has 0 amide bonds. The number of halogens is 1. The molecule has 0 aliphatic heterocycles. The first-order chi connectivity index (χ1) is 8.74. The van der Waals surface area contributed by atoms with Crippen LogP contribution in [0.15, 0.2) is 24.3 Å². The molecule has 1 fully saturated rings. The molecule has 1 aromatic carbocycles. The zero-order valence-corrected chi connectivity index (χ0v) is 10.7. The lowest BCUT2D eigenvalue weighted by molar-refractivity contribution is 0.0311. The molecular formula is C15H19FO2. The first-order valence-electron chi connectivity index (χ1n) is 6.55. The number of hydrogen-bond acceptors (Lipinski definition) is 2. The van der Waals surface area contributed by atoms with Crippen LogP contribution < -0.4 is 0 Å². The Hall–Kier alpha value is -1.22. The number of carbonyl (C=O) groups excluding carboxylic acids is 1. The number of hydrogen-bond donors (Lipinski definition) is 0. The lowest BCUT2D eigenvalue weighted by atomic mass is 9.82. The molecule has 1 saturated carbocycles. The molecule has 1 aliphatic rings. The van der Waals surface area contributed by atoms with Crippen LogP contribution in [0.4, 0.5) is 4.39 Å². The molecule has 0 N–H and O–H groups in total. The number of ketones is 1. The van der Waals surface area contributed by atoms with Gasteiger partial charge in [0.1, 0.15) is 11.9 Å². The van der Waals surface area contributed by atoms with Crippen molar-refractivity contribution in [2.45, 2.75) is 38.2 Å². The van der Waals surface area contributed by atoms with Crippen molar-refractivity contribution in [3.63, 3.8) is 0 Å². The van der Waals surface area contributed by atoms with E-state index in [4.69, 9.17) is 4.74 Å². The third-order valence-electron chi connectivity index (χ3n) is 3.73. The van der Waals surface area contributed by atoms with Gasteiger partial charge in [-0.1, -0.05) is 31.4 Å². The Bertz CT molecular complexity index is 411. The van der Waals surface area contributed by atoms with Crippen molar-refractivity contribution in [3.8, 4) is 0 Å². The lowest BCUT2D eigenvalue weighted by Gasteiger charge is -2.28.